The number of carbonyl (C=O) groups excluding carboxylic acids is 2. The van der Waals surface area contributed by atoms with E-state index in [4.69, 9.17) is 4.74 Å². The van der Waals surface area contributed by atoms with Crippen molar-refractivity contribution in [2.24, 2.45) is 5.92 Å². The van der Waals surface area contributed by atoms with E-state index in [0.717, 1.165) is 6.07 Å². The average Bonchev–Trinajstić information content (AvgIpc) is 2.69. The molecular formula is C21H23F3N2O4. The molecule has 0 aliphatic carbocycles. The Balaban J connectivity index is 2.07. The molecule has 2 aromatic rings. The Bertz CT molecular complexity index is 890. The van der Waals surface area contributed by atoms with Crippen molar-refractivity contribution in [2.45, 2.75) is 33.0 Å². The maximum absolute atomic E-state index is 13.8. The van der Waals surface area contributed by atoms with E-state index in [2.05, 4.69) is 15.4 Å². The fraction of sp³-hybridized carbons (Fsp3) is 0.333. The van der Waals surface area contributed by atoms with Crippen molar-refractivity contribution < 1.29 is 32.2 Å². The molecule has 0 bridgehead atoms. The maximum Gasteiger partial charge on any atom is 0.387 e. The van der Waals surface area contributed by atoms with E-state index >= 15 is 0 Å². The van der Waals surface area contributed by atoms with Crippen molar-refractivity contribution in [2.75, 3.05) is 7.11 Å². The van der Waals surface area contributed by atoms with E-state index in [0.29, 0.717) is 5.56 Å². The number of nitrogens with one attached hydrogen (secondary N) is 2. The molecule has 30 heavy (non-hydrogen) atoms. The molecule has 9 heteroatoms. The van der Waals surface area contributed by atoms with Gasteiger partial charge in [0.15, 0.2) is 11.5 Å². The summed E-state index contributed by atoms with van der Waals surface area (Å²) in [6.07, 6.45) is 0. The zero-order valence-corrected chi connectivity index (χ0v) is 16.7. The van der Waals surface area contributed by atoms with E-state index in [1.54, 1.807) is 19.9 Å². The molecule has 0 heterocycles. The number of hydrogen-bond donors (Lipinski definition) is 2. The van der Waals surface area contributed by atoms with E-state index in [9.17, 15) is 22.8 Å². The van der Waals surface area contributed by atoms with Crippen molar-refractivity contribution in [3.63, 3.8) is 0 Å². The molecule has 2 N–H and O–H groups in total. The van der Waals surface area contributed by atoms with Crippen LogP contribution in [0, 0.1) is 11.7 Å². The summed E-state index contributed by atoms with van der Waals surface area (Å²) in [6.45, 7) is 0.436. The van der Waals surface area contributed by atoms with Gasteiger partial charge < -0.3 is 20.1 Å². The van der Waals surface area contributed by atoms with Crippen molar-refractivity contribution in [3.8, 4) is 11.5 Å². The van der Waals surface area contributed by atoms with Gasteiger partial charge in [-0.25, -0.2) is 4.39 Å². The highest BCUT2D eigenvalue weighted by Crippen LogP contribution is 2.29. The SMILES string of the molecule is COc1ccc(CNC(=O)C(NC(=O)c2ccccc2F)C(C)C)cc1OC(F)F. The first-order valence-electron chi connectivity index (χ1n) is 9.17. The van der Waals surface area contributed by atoms with Crippen molar-refractivity contribution in [1.82, 2.24) is 10.6 Å². The van der Waals surface area contributed by atoms with Crippen LogP contribution in [0.4, 0.5) is 13.2 Å². The Morgan fingerprint density at radius 3 is 2.37 bits per heavy atom. The molecule has 2 rings (SSSR count). The normalized spacial score (nSPS) is 11.9. The van der Waals surface area contributed by atoms with Gasteiger partial charge in [0.2, 0.25) is 5.91 Å². The molecule has 0 spiro atoms. The Morgan fingerprint density at radius 2 is 1.77 bits per heavy atom. The predicted molar refractivity (Wildman–Crippen MR) is 104 cm³/mol. The molecule has 1 unspecified atom stereocenters. The lowest BCUT2D eigenvalue weighted by atomic mass is 10.0. The molecule has 2 amide bonds. The standard InChI is InChI=1S/C21H23F3N2O4/c1-12(2)18(26-19(27)14-6-4-5-7-15(14)22)20(28)25-11-13-8-9-16(29-3)17(10-13)30-21(23)24/h4-10,12,18,21H,11H2,1-3H3,(H,25,28)(H,26,27). The van der Waals surface area contributed by atoms with Crippen molar-refractivity contribution >= 4 is 11.8 Å². The molecule has 0 radical (unpaired) electrons. The Labute approximate surface area is 172 Å². The highest BCUT2D eigenvalue weighted by Gasteiger charge is 2.25. The lowest BCUT2D eigenvalue weighted by Gasteiger charge is -2.22. The van der Waals surface area contributed by atoms with E-state index in [-0.39, 0.29) is 29.5 Å². The number of ether oxygens (including phenoxy) is 2. The number of alkyl halides is 2. The van der Waals surface area contributed by atoms with Crippen LogP contribution in [0.15, 0.2) is 42.5 Å². The van der Waals surface area contributed by atoms with Gasteiger partial charge in [-0.05, 0) is 35.7 Å². The second-order valence-corrected chi connectivity index (χ2v) is 6.76. The number of halogens is 3. The molecule has 6 nitrogen and oxygen atoms in total. The first-order chi connectivity index (χ1) is 14.2. The maximum atomic E-state index is 13.8. The van der Waals surface area contributed by atoms with Crippen LogP contribution in [0.25, 0.3) is 0 Å². The van der Waals surface area contributed by atoms with Gasteiger partial charge in [-0.3, -0.25) is 9.59 Å². The summed E-state index contributed by atoms with van der Waals surface area (Å²) >= 11 is 0. The molecular weight excluding hydrogens is 401 g/mol. The lowest BCUT2D eigenvalue weighted by molar-refractivity contribution is -0.124. The summed E-state index contributed by atoms with van der Waals surface area (Å²) in [7, 11) is 1.32. The minimum Gasteiger partial charge on any atom is -0.493 e. The fourth-order valence-corrected chi connectivity index (χ4v) is 2.72. The summed E-state index contributed by atoms with van der Waals surface area (Å²) in [5.41, 5.74) is 0.322. The summed E-state index contributed by atoms with van der Waals surface area (Å²) in [6, 6.07) is 8.88. The first kappa shape index (κ1) is 23.1. The molecule has 0 aliphatic heterocycles. The molecule has 0 aliphatic rings. The van der Waals surface area contributed by atoms with Crippen LogP contribution in [0.1, 0.15) is 29.8 Å². The van der Waals surface area contributed by atoms with Gasteiger partial charge in [-0.15, -0.1) is 0 Å². The summed E-state index contributed by atoms with van der Waals surface area (Å²) in [4.78, 5) is 24.9. The van der Waals surface area contributed by atoms with E-state index in [1.165, 1.54) is 37.4 Å². The Morgan fingerprint density at radius 1 is 1.07 bits per heavy atom. The van der Waals surface area contributed by atoms with Crippen molar-refractivity contribution in [3.05, 3.63) is 59.4 Å². The van der Waals surface area contributed by atoms with Gasteiger partial charge in [0.1, 0.15) is 11.9 Å². The average molecular weight is 424 g/mol. The Hall–Kier alpha value is -3.23. The van der Waals surface area contributed by atoms with E-state index in [1.807, 2.05) is 0 Å². The largest absolute Gasteiger partial charge is 0.493 e. The smallest absolute Gasteiger partial charge is 0.387 e. The number of carbonyl (C=O) groups is 2. The first-order valence-corrected chi connectivity index (χ1v) is 9.17. The fourth-order valence-electron chi connectivity index (χ4n) is 2.72. The van der Waals surface area contributed by atoms with Crippen LogP contribution < -0.4 is 20.1 Å². The summed E-state index contributed by atoms with van der Waals surface area (Å²) in [5, 5.41) is 5.17. The van der Waals surface area contributed by atoms with Gasteiger partial charge in [0.05, 0.1) is 12.7 Å². The monoisotopic (exact) mass is 424 g/mol. The third kappa shape index (κ3) is 6.13. The van der Waals surface area contributed by atoms with Crippen LogP contribution >= 0.6 is 0 Å². The highest BCUT2D eigenvalue weighted by atomic mass is 19.3. The Kier molecular flexibility index (Phi) is 8.08. The molecule has 0 saturated heterocycles. The van der Waals surface area contributed by atoms with Crippen LogP contribution in [-0.4, -0.2) is 31.6 Å². The molecule has 2 aromatic carbocycles. The second-order valence-electron chi connectivity index (χ2n) is 6.76. The third-order valence-electron chi connectivity index (χ3n) is 4.27. The minimum atomic E-state index is -3.03. The number of rotatable bonds is 9. The third-order valence-corrected chi connectivity index (χ3v) is 4.27. The molecule has 0 aromatic heterocycles. The van der Waals surface area contributed by atoms with Gasteiger partial charge in [-0.2, -0.15) is 8.78 Å². The topological polar surface area (TPSA) is 76.7 Å². The van der Waals surface area contributed by atoms with Gasteiger partial charge >= 0.3 is 6.61 Å². The predicted octanol–water partition coefficient (Wildman–Crippen LogP) is 3.51. The van der Waals surface area contributed by atoms with Crippen LogP contribution in [0.2, 0.25) is 0 Å². The summed E-state index contributed by atoms with van der Waals surface area (Å²) in [5.74, 6) is -2.21. The number of benzene rings is 2. The number of hydrogen-bond acceptors (Lipinski definition) is 4. The second kappa shape index (κ2) is 10.5. The zero-order chi connectivity index (χ0) is 22.3. The quantitative estimate of drug-likeness (QED) is 0.646. The summed E-state index contributed by atoms with van der Waals surface area (Å²) < 4.78 is 48.3. The number of amides is 2. The molecule has 1 atom stereocenters. The van der Waals surface area contributed by atoms with Crippen molar-refractivity contribution in [1.29, 1.82) is 0 Å². The molecule has 162 valence electrons. The zero-order valence-electron chi connectivity index (χ0n) is 16.7. The highest BCUT2D eigenvalue weighted by molar-refractivity contribution is 5.97. The van der Waals surface area contributed by atoms with Gasteiger partial charge in [0, 0.05) is 6.54 Å². The van der Waals surface area contributed by atoms with Crippen LogP contribution in [-0.2, 0) is 11.3 Å². The van der Waals surface area contributed by atoms with Gasteiger partial charge in [-0.1, -0.05) is 32.0 Å². The van der Waals surface area contributed by atoms with Crippen LogP contribution in [0.3, 0.4) is 0 Å². The molecule has 0 saturated carbocycles. The minimum absolute atomic E-state index is 0.00120. The van der Waals surface area contributed by atoms with Gasteiger partial charge in [0.25, 0.3) is 5.91 Å². The van der Waals surface area contributed by atoms with E-state index < -0.39 is 30.3 Å². The van der Waals surface area contributed by atoms with Crippen LogP contribution in [0.5, 0.6) is 11.5 Å². The molecule has 0 fully saturated rings. The lowest BCUT2D eigenvalue weighted by Crippen LogP contribution is -2.49. The number of methoxy groups -OCH3 is 1.